The molecule has 0 aromatic rings. The van der Waals surface area contributed by atoms with Gasteiger partial charge in [0.25, 0.3) is 0 Å². The minimum Gasteiger partial charge on any atom is -0.340 e. The van der Waals surface area contributed by atoms with Crippen LogP contribution in [0.5, 0.6) is 0 Å². The lowest BCUT2D eigenvalue weighted by Gasteiger charge is -2.32. The first-order chi connectivity index (χ1) is 7.17. The average Bonchev–Trinajstić information content (AvgIpc) is 2.25. The van der Waals surface area contributed by atoms with E-state index in [4.69, 9.17) is 5.73 Å². The Morgan fingerprint density at radius 2 is 2.13 bits per heavy atom. The van der Waals surface area contributed by atoms with Crippen LogP contribution in [0.1, 0.15) is 26.7 Å². The molecule has 1 heterocycles. The number of piperidine rings is 1. The summed E-state index contributed by atoms with van der Waals surface area (Å²) in [5.74, 6) is 0.230. The van der Waals surface area contributed by atoms with Crippen molar-refractivity contribution in [1.29, 1.82) is 0 Å². The number of hydrogen-bond acceptors (Lipinski definition) is 3. The number of carbonyl (C=O) groups excluding carboxylic acids is 1. The van der Waals surface area contributed by atoms with E-state index in [1.807, 2.05) is 4.90 Å². The van der Waals surface area contributed by atoms with Crippen LogP contribution in [0.25, 0.3) is 0 Å². The van der Waals surface area contributed by atoms with Crippen LogP contribution in [-0.4, -0.2) is 54.5 Å². The van der Waals surface area contributed by atoms with E-state index in [2.05, 4.69) is 18.7 Å². The number of likely N-dealkylation sites (N-methyl/N-ethyl adjacent to an activating group) is 1. The van der Waals surface area contributed by atoms with E-state index in [1.54, 1.807) is 0 Å². The summed E-state index contributed by atoms with van der Waals surface area (Å²) in [5, 5.41) is 0. The summed E-state index contributed by atoms with van der Waals surface area (Å²) in [7, 11) is 0. The monoisotopic (exact) mass is 213 g/mol. The zero-order valence-electron chi connectivity index (χ0n) is 9.91. The van der Waals surface area contributed by atoms with Crippen LogP contribution in [0, 0.1) is 0 Å². The van der Waals surface area contributed by atoms with Gasteiger partial charge in [-0.05, 0) is 25.9 Å². The second-order valence-electron chi connectivity index (χ2n) is 4.20. The highest BCUT2D eigenvalue weighted by atomic mass is 16.2. The molecule has 1 aliphatic rings. The Hall–Kier alpha value is -0.610. The predicted octanol–water partition coefficient (Wildman–Crippen LogP) is 0.278. The fourth-order valence-electron chi connectivity index (χ4n) is 1.98. The van der Waals surface area contributed by atoms with Gasteiger partial charge in [0.2, 0.25) is 5.91 Å². The highest BCUT2D eigenvalue weighted by molar-refractivity contribution is 5.78. The lowest BCUT2D eigenvalue weighted by Crippen LogP contribution is -2.49. The molecule has 1 unspecified atom stereocenters. The maximum Gasteiger partial charge on any atom is 0.236 e. The smallest absolute Gasteiger partial charge is 0.236 e. The SMILES string of the molecule is CCN(CC)CC(=O)N1CCCC(N)C1. The number of likely N-dealkylation sites (tertiary alicyclic amines) is 1. The molecule has 1 fully saturated rings. The molecule has 0 aromatic heterocycles. The molecule has 1 saturated heterocycles. The number of amides is 1. The van der Waals surface area contributed by atoms with Crippen LogP contribution >= 0.6 is 0 Å². The molecule has 1 amide bonds. The van der Waals surface area contributed by atoms with E-state index in [-0.39, 0.29) is 11.9 Å². The second-order valence-corrected chi connectivity index (χ2v) is 4.20. The van der Waals surface area contributed by atoms with Crippen LogP contribution in [-0.2, 0) is 4.79 Å². The molecule has 1 atom stereocenters. The molecule has 2 N–H and O–H groups in total. The molecule has 0 aromatic carbocycles. The molecule has 4 heteroatoms. The van der Waals surface area contributed by atoms with Gasteiger partial charge in [-0.15, -0.1) is 0 Å². The van der Waals surface area contributed by atoms with Crippen molar-refractivity contribution in [2.24, 2.45) is 5.73 Å². The van der Waals surface area contributed by atoms with E-state index >= 15 is 0 Å². The minimum absolute atomic E-state index is 0.180. The van der Waals surface area contributed by atoms with Crippen molar-refractivity contribution in [3.63, 3.8) is 0 Å². The molecular formula is C11H23N3O. The Morgan fingerprint density at radius 1 is 1.47 bits per heavy atom. The fourth-order valence-corrected chi connectivity index (χ4v) is 1.98. The summed E-state index contributed by atoms with van der Waals surface area (Å²) in [4.78, 5) is 16.0. The average molecular weight is 213 g/mol. The lowest BCUT2D eigenvalue weighted by molar-refractivity contribution is -0.133. The van der Waals surface area contributed by atoms with Crippen molar-refractivity contribution < 1.29 is 4.79 Å². The summed E-state index contributed by atoms with van der Waals surface area (Å²) >= 11 is 0. The van der Waals surface area contributed by atoms with Gasteiger partial charge in [-0.25, -0.2) is 0 Å². The van der Waals surface area contributed by atoms with Gasteiger partial charge in [0, 0.05) is 19.1 Å². The molecule has 4 nitrogen and oxygen atoms in total. The van der Waals surface area contributed by atoms with Crippen LogP contribution in [0.4, 0.5) is 0 Å². The van der Waals surface area contributed by atoms with Gasteiger partial charge in [-0.1, -0.05) is 13.8 Å². The number of nitrogens with two attached hydrogens (primary N) is 1. The number of nitrogens with zero attached hydrogens (tertiary/aromatic N) is 2. The quantitative estimate of drug-likeness (QED) is 0.729. The van der Waals surface area contributed by atoms with E-state index in [0.717, 1.165) is 39.0 Å². The highest BCUT2D eigenvalue weighted by Gasteiger charge is 2.21. The molecule has 15 heavy (non-hydrogen) atoms. The molecule has 0 bridgehead atoms. The van der Waals surface area contributed by atoms with Gasteiger partial charge in [-0.3, -0.25) is 9.69 Å². The van der Waals surface area contributed by atoms with Gasteiger partial charge in [0.1, 0.15) is 0 Å². The van der Waals surface area contributed by atoms with Crippen molar-refractivity contribution in [2.45, 2.75) is 32.7 Å². The van der Waals surface area contributed by atoms with Crippen molar-refractivity contribution in [2.75, 3.05) is 32.7 Å². The fraction of sp³-hybridized carbons (Fsp3) is 0.909. The third kappa shape index (κ3) is 3.80. The molecule has 0 radical (unpaired) electrons. The first kappa shape index (κ1) is 12.5. The maximum absolute atomic E-state index is 11.9. The molecular weight excluding hydrogens is 190 g/mol. The Balaban J connectivity index is 2.38. The highest BCUT2D eigenvalue weighted by Crippen LogP contribution is 2.08. The number of rotatable bonds is 4. The Bertz CT molecular complexity index is 204. The van der Waals surface area contributed by atoms with Crippen LogP contribution < -0.4 is 5.73 Å². The number of hydrogen-bond donors (Lipinski definition) is 1. The van der Waals surface area contributed by atoms with Crippen LogP contribution in [0.15, 0.2) is 0 Å². The molecule has 0 spiro atoms. The third-order valence-corrected chi connectivity index (χ3v) is 3.06. The minimum atomic E-state index is 0.180. The Labute approximate surface area is 92.4 Å². The van der Waals surface area contributed by atoms with Crippen molar-refractivity contribution in [3.8, 4) is 0 Å². The molecule has 0 aliphatic carbocycles. The summed E-state index contributed by atoms with van der Waals surface area (Å²) in [6, 6.07) is 0.180. The van der Waals surface area contributed by atoms with Crippen LogP contribution in [0.2, 0.25) is 0 Å². The molecule has 0 saturated carbocycles. The summed E-state index contributed by atoms with van der Waals surface area (Å²) < 4.78 is 0. The summed E-state index contributed by atoms with van der Waals surface area (Å²) in [5.41, 5.74) is 5.85. The predicted molar refractivity (Wildman–Crippen MR) is 61.6 cm³/mol. The zero-order chi connectivity index (χ0) is 11.3. The van der Waals surface area contributed by atoms with E-state index in [1.165, 1.54) is 0 Å². The first-order valence-electron chi connectivity index (χ1n) is 5.93. The standard InChI is InChI=1S/C11H23N3O/c1-3-13(4-2)9-11(15)14-7-5-6-10(12)8-14/h10H,3-9,12H2,1-2H3. The molecule has 1 rings (SSSR count). The van der Waals surface area contributed by atoms with Gasteiger partial charge in [0.05, 0.1) is 6.54 Å². The maximum atomic E-state index is 11.9. The number of carbonyl (C=O) groups is 1. The van der Waals surface area contributed by atoms with E-state index in [0.29, 0.717) is 6.54 Å². The van der Waals surface area contributed by atoms with Crippen molar-refractivity contribution in [1.82, 2.24) is 9.80 Å². The molecule has 88 valence electrons. The zero-order valence-corrected chi connectivity index (χ0v) is 9.91. The Morgan fingerprint density at radius 3 is 2.67 bits per heavy atom. The van der Waals surface area contributed by atoms with Gasteiger partial charge >= 0.3 is 0 Å². The largest absolute Gasteiger partial charge is 0.340 e. The Kier molecular flexibility index (Phi) is 5.05. The van der Waals surface area contributed by atoms with Gasteiger partial charge in [0.15, 0.2) is 0 Å². The summed E-state index contributed by atoms with van der Waals surface area (Å²) in [6.45, 7) is 8.19. The first-order valence-corrected chi connectivity index (χ1v) is 5.93. The van der Waals surface area contributed by atoms with Gasteiger partial charge < -0.3 is 10.6 Å². The summed E-state index contributed by atoms with van der Waals surface area (Å²) in [6.07, 6.45) is 2.10. The van der Waals surface area contributed by atoms with E-state index in [9.17, 15) is 4.79 Å². The topological polar surface area (TPSA) is 49.6 Å². The van der Waals surface area contributed by atoms with Gasteiger partial charge in [-0.2, -0.15) is 0 Å². The third-order valence-electron chi connectivity index (χ3n) is 3.06. The van der Waals surface area contributed by atoms with Crippen molar-refractivity contribution in [3.05, 3.63) is 0 Å². The molecule has 1 aliphatic heterocycles. The van der Waals surface area contributed by atoms with Crippen molar-refractivity contribution >= 4 is 5.91 Å². The van der Waals surface area contributed by atoms with Crippen LogP contribution in [0.3, 0.4) is 0 Å². The van der Waals surface area contributed by atoms with E-state index < -0.39 is 0 Å². The lowest BCUT2D eigenvalue weighted by atomic mass is 10.1. The second kappa shape index (κ2) is 6.08. The normalized spacial score (nSPS) is 22.1.